The molecule has 0 aromatic heterocycles. The first-order chi connectivity index (χ1) is 7.64. The lowest BCUT2D eigenvalue weighted by Crippen LogP contribution is -2.38. The van der Waals surface area contributed by atoms with Crippen LogP contribution in [0.3, 0.4) is 0 Å². The van der Waals surface area contributed by atoms with E-state index in [0.29, 0.717) is 13.0 Å². The van der Waals surface area contributed by atoms with Gasteiger partial charge in [-0.2, -0.15) is 0 Å². The Morgan fingerprint density at radius 2 is 2.00 bits per heavy atom. The summed E-state index contributed by atoms with van der Waals surface area (Å²) >= 11 is 0. The van der Waals surface area contributed by atoms with Gasteiger partial charge in [-0.05, 0) is 34.1 Å². The van der Waals surface area contributed by atoms with Crippen molar-refractivity contribution in [1.29, 1.82) is 0 Å². The quantitative estimate of drug-likeness (QED) is 0.806. The normalized spacial score (nSPS) is 25.1. The van der Waals surface area contributed by atoms with Crippen LogP contribution in [0.25, 0.3) is 0 Å². The molecule has 0 bridgehead atoms. The monoisotopic (exact) mass is 243 g/mol. The topological polar surface area (TPSA) is 66.8 Å². The number of carbonyl (C=O) groups excluding carboxylic acids is 1. The molecule has 5 heteroatoms. The maximum atomic E-state index is 11.8. The molecule has 0 radical (unpaired) electrons. The van der Waals surface area contributed by atoms with Crippen molar-refractivity contribution in [2.75, 3.05) is 19.7 Å². The van der Waals surface area contributed by atoms with Crippen molar-refractivity contribution < 1.29 is 19.4 Å². The smallest absolute Gasteiger partial charge is 0.311 e. The Kier molecular flexibility index (Phi) is 3.81. The molecule has 0 spiro atoms. The van der Waals surface area contributed by atoms with Gasteiger partial charge in [-0.1, -0.05) is 0 Å². The van der Waals surface area contributed by atoms with Crippen LogP contribution >= 0.6 is 0 Å². The van der Waals surface area contributed by atoms with Gasteiger partial charge in [-0.15, -0.1) is 0 Å². The van der Waals surface area contributed by atoms with Gasteiger partial charge in [-0.3, -0.25) is 9.59 Å². The summed E-state index contributed by atoms with van der Waals surface area (Å²) in [6.45, 7) is 8.10. The second-order valence-electron chi connectivity index (χ2n) is 5.83. The standard InChI is InChI=1S/C12H21NO4/c1-11(2,3)17-7-9(14)13-6-5-12(4,8-13)10(15)16/h5-8H2,1-4H3,(H,15,16). The molecular formula is C12H21NO4. The fourth-order valence-electron chi connectivity index (χ4n) is 1.72. The van der Waals surface area contributed by atoms with Gasteiger partial charge in [0.1, 0.15) is 6.61 Å². The van der Waals surface area contributed by atoms with Crippen LogP contribution < -0.4 is 0 Å². The van der Waals surface area contributed by atoms with Crippen molar-refractivity contribution in [3.8, 4) is 0 Å². The van der Waals surface area contributed by atoms with Gasteiger partial charge in [-0.25, -0.2) is 0 Å². The minimum atomic E-state index is -0.843. The van der Waals surface area contributed by atoms with Gasteiger partial charge in [0.05, 0.1) is 11.0 Å². The van der Waals surface area contributed by atoms with Gasteiger partial charge >= 0.3 is 5.97 Å². The van der Waals surface area contributed by atoms with Gasteiger partial charge in [0.15, 0.2) is 0 Å². The molecule has 1 unspecified atom stereocenters. The van der Waals surface area contributed by atoms with Crippen molar-refractivity contribution in [3.63, 3.8) is 0 Å². The van der Waals surface area contributed by atoms with E-state index in [9.17, 15) is 9.59 Å². The highest BCUT2D eigenvalue weighted by Gasteiger charge is 2.42. The fraction of sp³-hybridized carbons (Fsp3) is 0.833. The van der Waals surface area contributed by atoms with E-state index in [-0.39, 0.29) is 24.7 Å². The van der Waals surface area contributed by atoms with Crippen LogP contribution in [0.1, 0.15) is 34.1 Å². The minimum Gasteiger partial charge on any atom is -0.481 e. The van der Waals surface area contributed by atoms with E-state index < -0.39 is 11.4 Å². The summed E-state index contributed by atoms with van der Waals surface area (Å²) in [5.74, 6) is -0.977. The predicted molar refractivity (Wildman–Crippen MR) is 62.6 cm³/mol. The fourth-order valence-corrected chi connectivity index (χ4v) is 1.72. The minimum absolute atomic E-state index is 0.0131. The summed E-state index contributed by atoms with van der Waals surface area (Å²) in [5, 5.41) is 9.06. The summed E-state index contributed by atoms with van der Waals surface area (Å²) in [6, 6.07) is 0. The average molecular weight is 243 g/mol. The Morgan fingerprint density at radius 1 is 1.41 bits per heavy atom. The Balaban J connectivity index is 2.49. The first kappa shape index (κ1) is 14.0. The first-order valence-corrected chi connectivity index (χ1v) is 5.79. The molecule has 0 aliphatic carbocycles. The number of hydrogen-bond donors (Lipinski definition) is 1. The first-order valence-electron chi connectivity index (χ1n) is 5.79. The van der Waals surface area contributed by atoms with Crippen LogP contribution in [0, 0.1) is 5.41 Å². The molecule has 1 N–H and O–H groups in total. The predicted octanol–water partition coefficient (Wildman–Crippen LogP) is 1.12. The molecule has 5 nitrogen and oxygen atoms in total. The van der Waals surface area contributed by atoms with Crippen molar-refractivity contribution in [2.24, 2.45) is 5.41 Å². The van der Waals surface area contributed by atoms with Gasteiger partial charge < -0.3 is 14.7 Å². The maximum Gasteiger partial charge on any atom is 0.311 e. The van der Waals surface area contributed by atoms with Crippen molar-refractivity contribution in [2.45, 2.75) is 39.7 Å². The number of ether oxygens (including phenoxy) is 1. The number of rotatable bonds is 3. The van der Waals surface area contributed by atoms with Crippen molar-refractivity contribution in [1.82, 2.24) is 4.90 Å². The molecule has 1 aliphatic heterocycles. The molecule has 0 saturated carbocycles. The number of hydrogen-bond acceptors (Lipinski definition) is 3. The summed E-state index contributed by atoms with van der Waals surface area (Å²) in [6.07, 6.45) is 0.504. The number of aliphatic carboxylic acids is 1. The Morgan fingerprint density at radius 3 is 2.41 bits per heavy atom. The lowest BCUT2D eigenvalue weighted by atomic mass is 9.90. The zero-order chi connectivity index (χ0) is 13.3. The zero-order valence-electron chi connectivity index (χ0n) is 10.9. The third-order valence-corrected chi connectivity index (χ3v) is 2.97. The number of likely N-dealkylation sites (tertiary alicyclic amines) is 1. The number of carboxylic acid groups (broad SMARTS) is 1. The molecule has 17 heavy (non-hydrogen) atoms. The van der Waals surface area contributed by atoms with E-state index >= 15 is 0 Å². The van der Waals surface area contributed by atoms with Crippen molar-refractivity contribution >= 4 is 11.9 Å². The number of amides is 1. The van der Waals surface area contributed by atoms with Gasteiger partial charge in [0.2, 0.25) is 5.91 Å². The van der Waals surface area contributed by atoms with Crippen LogP contribution in [0.5, 0.6) is 0 Å². The van der Waals surface area contributed by atoms with Gasteiger partial charge in [0, 0.05) is 13.1 Å². The van der Waals surface area contributed by atoms with E-state index in [1.165, 1.54) is 0 Å². The van der Waals surface area contributed by atoms with Crippen LogP contribution in [0.4, 0.5) is 0 Å². The highest BCUT2D eigenvalue weighted by molar-refractivity contribution is 5.81. The molecule has 1 heterocycles. The molecule has 1 fully saturated rings. The second-order valence-corrected chi connectivity index (χ2v) is 5.83. The summed E-state index contributed by atoms with van der Waals surface area (Å²) in [7, 11) is 0. The molecule has 1 rings (SSSR count). The van der Waals surface area contributed by atoms with Crippen LogP contribution in [-0.2, 0) is 14.3 Å². The van der Waals surface area contributed by atoms with E-state index in [0.717, 1.165) is 0 Å². The SMILES string of the molecule is CC(C)(C)OCC(=O)N1CCC(C)(C(=O)O)C1. The molecule has 1 amide bonds. The number of nitrogens with zero attached hydrogens (tertiary/aromatic N) is 1. The van der Waals surface area contributed by atoms with Crippen LogP contribution in [-0.4, -0.2) is 47.2 Å². The van der Waals surface area contributed by atoms with E-state index in [2.05, 4.69) is 0 Å². The third-order valence-electron chi connectivity index (χ3n) is 2.97. The molecule has 0 aromatic rings. The number of carboxylic acids is 1. The largest absolute Gasteiger partial charge is 0.481 e. The van der Waals surface area contributed by atoms with Crippen LogP contribution in [0.15, 0.2) is 0 Å². The highest BCUT2D eigenvalue weighted by atomic mass is 16.5. The number of carbonyl (C=O) groups is 2. The Hall–Kier alpha value is -1.10. The maximum absolute atomic E-state index is 11.8. The summed E-state index contributed by atoms with van der Waals surface area (Å²) < 4.78 is 5.39. The third kappa shape index (κ3) is 3.70. The second kappa shape index (κ2) is 4.64. The lowest BCUT2D eigenvalue weighted by molar-refractivity contribution is -0.148. The Labute approximate surface area is 102 Å². The molecule has 0 aromatic carbocycles. The average Bonchev–Trinajstić information content (AvgIpc) is 2.58. The molecule has 98 valence electrons. The zero-order valence-corrected chi connectivity index (χ0v) is 10.9. The highest BCUT2D eigenvalue weighted by Crippen LogP contribution is 2.30. The summed E-state index contributed by atoms with van der Waals surface area (Å²) in [4.78, 5) is 24.4. The lowest BCUT2D eigenvalue weighted by Gasteiger charge is -2.23. The van der Waals surface area contributed by atoms with E-state index in [1.54, 1.807) is 11.8 Å². The Bertz CT molecular complexity index is 321. The molecule has 1 saturated heterocycles. The van der Waals surface area contributed by atoms with Gasteiger partial charge in [0.25, 0.3) is 0 Å². The summed E-state index contributed by atoms with van der Waals surface area (Å²) in [5.41, 5.74) is -1.16. The molecule has 1 aliphatic rings. The van der Waals surface area contributed by atoms with E-state index in [4.69, 9.17) is 9.84 Å². The molecule has 1 atom stereocenters. The molecular weight excluding hydrogens is 222 g/mol. The van der Waals surface area contributed by atoms with Crippen molar-refractivity contribution in [3.05, 3.63) is 0 Å². The van der Waals surface area contributed by atoms with Crippen LogP contribution in [0.2, 0.25) is 0 Å². The van der Waals surface area contributed by atoms with E-state index in [1.807, 2.05) is 20.8 Å².